The molecule has 21 heavy (non-hydrogen) atoms. The standard InChI is InChI=1S/C13H6N4O4/c14-5-6-2-1-3-7-10(6)9(17(20)21)4-8-11(7)16-13(19)12(18)15-8/h1-4H,(H,15,18)(H,16,19). The first-order valence-electron chi connectivity index (χ1n) is 5.79. The lowest BCUT2D eigenvalue weighted by Gasteiger charge is -2.05. The fourth-order valence-corrected chi connectivity index (χ4v) is 2.28. The van der Waals surface area contributed by atoms with Crippen molar-refractivity contribution in [1.82, 2.24) is 9.97 Å². The zero-order chi connectivity index (χ0) is 15.1. The van der Waals surface area contributed by atoms with Gasteiger partial charge in [0.2, 0.25) is 0 Å². The molecule has 0 saturated heterocycles. The molecule has 0 radical (unpaired) electrons. The molecule has 2 aromatic carbocycles. The number of nitrogens with zero attached hydrogens (tertiary/aromatic N) is 2. The molecule has 0 unspecified atom stereocenters. The van der Waals surface area contributed by atoms with E-state index in [1.165, 1.54) is 6.07 Å². The lowest BCUT2D eigenvalue weighted by Crippen LogP contribution is -2.29. The topological polar surface area (TPSA) is 133 Å². The second-order valence-corrected chi connectivity index (χ2v) is 4.32. The van der Waals surface area contributed by atoms with E-state index in [9.17, 15) is 19.7 Å². The minimum atomic E-state index is -0.896. The molecule has 1 aromatic heterocycles. The first-order chi connectivity index (χ1) is 10.0. The Morgan fingerprint density at radius 2 is 1.90 bits per heavy atom. The number of aromatic amines is 2. The van der Waals surface area contributed by atoms with E-state index in [0.29, 0.717) is 5.39 Å². The van der Waals surface area contributed by atoms with Gasteiger partial charge in [-0.1, -0.05) is 12.1 Å². The number of rotatable bonds is 1. The Hall–Kier alpha value is -3.47. The van der Waals surface area contributed by atoms with Crippen molar-refractivity contribution in [3.8, 4) is 6.07 Å². The van der Waals surface area contributed by atoms with Gasteiger partial charge in [-0.3, -0.25) is 19.7 Å². The van der Waals surface area contributed by atoms with E-state index in [4.69, 9.17) is 5.26 Å². The summed E-state index contributed by atoms with van der Waals surface area (Å²) in [4.78, 5) is 38.1. The summed E-state index contributed by atoms with van der Waals surface area (Å²) in [5.74, 6) is 0. The largest absolute Gasteiger partial charge is 0.316 e. The van der Waals surface area contributed by atoms with E-state index in [-0.39, 0.29) is 27.7 Å². The van der Waals surface area contributed by atoms with Crippen molar-refractivity contribution < 1.29 is 4.92 Å². The average Bonchev–Trinajstić information content (AvgIpc) is 2.47. The van der Waals surface area contributed by atoms with E-state index in [0.717, 1.165) is 6.07 Å². The number of non-ortho nitro benzene ring substituents is 1. The molecule has 0 fully saturated rings. The van der Waals surface area contributed by atoms with E-state index in [2.05, 4.69) is 9.97 Å². The number of nitriles is 1. The number of aromatic nitrogens is 2. The van der Waals surface area contributed by atoms with Gasteiger partial charge in [0.05, 0.1) is 26.9 Å². The average molecular weight is 282 g/mol. The lowest BCUT2D eigenvalue weighted by atomic mass is 10.0. The predicted molar refractivity (Wildman–Crippen MR) is 74.1 cm³/mol. The van der Waals surface area contributed by atoms with Crippen LogP contribution in [0.25, 0.3) is 21.8 Å². The van der Waals surface area contributed by atoms with Crippen LogP contribution in [0.1, 0.15) is 5.56 Å². The highest BCUT2D eigenvalue weighted by Crippen LogP contribution is 2.32. The molecule has 0 aliphatic rings. The highest BCUT2D eigenvalue weighted by molar-refractivity contribution is 6.10. The Labute approximate surface area is 115 Å². The molecular formula is C13H6N4O4. The van der Waals surface area contributed by atoms with Gasteiger partial charge >= 0.3 is 11.1 Å². The van der Waals surface area contributed by atoms with Crippen molar-refractivity contribution >= 4 is 27.5 Å². The van der Waals surface area contributed by atoms with Crippen LogP contribution in [0.15, 0.2) is 33.9 Å². The van der Waals surface area contributed by atoms with Gasteiger partial charge in [0.1, 0.15) is 6.07 Å². The molecule has 0 aliphatic carbocycles. The van der Waals surface area contributed by atoms with Crippen molar-refractivity contribution in [2.45, 2.75) is 0 Å². The van der Waals surface area contributed by atoms with Crippen LogP contribution in [0.3, 0.4) is 0 Å². The Bertz CT molecular complexity index is 1070. The van der Waals surface area contributed by atoms with E-state index < -0.39 is 16.0 Å². The highest BCUT2D eigenvalue weighted by Gasteiger charge is 2.19. The number of benzene rings is 2. The smallest absolute Gasteiger partial charge is 0.314 e. The lowest BCUT2D eigenvalue weighted by molar-refractivity contribution is -0.383. The van der Waals surface area contributed by atoms with Gasteiger partial charge in [0.25, 0.3) is 5.69 Å². The Morgan fingerprint density at radius 1 is 1.19 bits per heavy atom. The molecule has 3 aromatic rings. The number of fused-ring (bicyclic) bond motifs is 3. The van der Waals surface area contributed by atoms with Crippen molar-refractivity contribution in [2.24, 2.45) is 0 Å². The molecule has 0 aliphatic heterocycles. The molecule has 3 rings (SSSR count). The van der Waals surface area contributed by atoms with E-state index in [1.807, 2.05) is 6.07 Å². The molecule has 0 spiro atoms. The summed E-state index contributed by atoms with van der Waals surface area (Å²) in [5.41, 5.74) is -1.57. The molecule has 0 bridgehead atoms. The molecule has 2 N–H and O–H groups in total. The quantitative estimate of drug-likeness (QED) is 0.299. The summed E-state index contributed by atoms with van der Waals surface area (Å²) < 4.78 is 0. The minimum Gasteiger partial charge on any atom is -0.316 e. The second kappa shape index (κ2) is 4.28. The maximum Gasteiger partial charge on any atom is 0.314 e. The number of nitrogens with one attached hydrogen (secondary N) is 2. The second-order valence-electron chi connectivity index (χ2n) is 4.32. The van der Waals surface area contributed by atoms with Crippen LogP contribution in [0.4, 0.5) is 5.69 Å². The number of nitro benzene ring substituents is 1. The highest BCUT2D eigenvalue weighted by atomic mass is 16.6. The van der Waals surface area contributed by atoms with Gasteiger partial charge in [-0.2, -0.15) is 5.26 Å². The third-order valence-corrected chi connectivity index (χ3v) is 3.15. The SMILES string of the molecule is N#Cc1cccc2c1c([N+](=O)[O-])cc1[nH]c(=O)c(=O)[nH]c12. The third-order valence-electron chi connectivity index (χ3n) is 3.15. The van der Waals surface area contributed by atoms with Gasteiger partial charge in [-0.05, 0) is 6.07 Å². The van der Waals surface area contributed by atoms with Crippen molar-refractivity contribution in [2.75, 3.05) is 0 Å². The fourth-order valence-electron chi connectivity index (χ4n) is 2.28. The van der Waals surface area contributed by atoms with Crippen molar-refractivity contribution in [1.29, 1.82) is 5.26 Å². The van der Waals surface area contributed by atoms with Gasteiger partial charge < -0.3 is 9.97 Å². The van der Waals surface area contributed by atoms with Crippen LogP contribution in [0.2, 0.25) is 0 Å². The zero-order valence-electron chi connectivity index (χ0n) is 10.3. The Morgan fingerprint density at radius 3 is 2.57 bits per heavy atom. The third kappa shape index (κ3) is 1.76. The fraction of sp³-hybridized carbons (Fsp3) is 0. The number of H-pyrrole nitrogens is 2. The monoisotopic (exact) mass is 282 g/mol. The van der Waals surface area contributed by atoms with E-state index in [1.54, 1.807) is 12.1 Å². The molecule has 8 heteroatoms. The number of hydrogen-bond acceptors (Lipinski definition) is 5. The number of nitro groups is 1. The maximum absolute atomic E-state index is 11.5. The first-order valence-corrected chi connectivity index (χ1v) is 5.79. The number of hydrogen-bond donors (Lipinski definition) is 2. The normalized spacial score (nSPS) is 10.6. The van der Waals surface area contributed by atoms with Gasteiger partial charge in [-0.25, -0.2) is 0 Å². The maximum atomic E-state index is 11.5. The summed E-state index contributed by atoms with van der Waals surface area (Å²) in [5, 5.41) is 20.8. The van der Waals surface area contributed by atoms with E-state index >= 15 is 0 Å². The Balaban J connectivity index is 2.70. The van der Waals surface area contributed by atoms with Crippen LogP contribution >= 0.6 is 0 Å². The Kier molecular flexibility index (Phi) is 2.56. The van der Waals surface area contributed by atoms with Crippen molar-refractivity contribution in [3.63, 3.8) is 0 Å². The van der Waals surface area contributed by atoms with Crippen LogP contribution < -0.4 is 11.1 Å². The molecule has 8 nitrogen and oxygen atoms in total. The zero-order valence-corrected chi connectivity index (χ0v) is 10.3. The summed E-state index contributed by atoms with van der Waals surface area (Å²) >= 11 is 0. The first kappa shape index (κ1) is 12.6. The molecule has 0 saturated carbocycles. The summed E-state index contributed by atoms with van der Waals surface area (Å²) in [6, 6.07) is 7.56. The van der Waals surface area contributed by atoms with Gasteiger partial charge in [0, 0.05) is 11.5 Å². The van der Waals surface area contributed by atoms with Crippen LogP contribution in [-0.2, 0) is 0 Å². The molecule has 0 amide bonds. The molecular weight excluding hydrogens is 276 g/mol. The summed E-state index contributed by atoms with van der Waals surface area (Å²) in [6.45, 7) is 0. The van der Waals surface area contributed by atoms with Crippen LogP contribution in [-0.4, -0.2) is 14.9 Å². The summed E-state index contributed by atoms with van der Waals surface area (Å²) in [7, 11) is 0. The molecule has 102 valence electrons. The minimum absolute atomic E-state index is 0.119. The van der Waals surface area contributed by atoms with Gasteiger partial charge in [0.15, 0.2) is 0 Å². The van der Waals surface area contributed by atoms with Crippen molar-refractivity contribution in [3.05, 3.63) is 60.7 Å². The van der Waals surface area contributed by atoms with Crippen LogP contribution in [0.5, 0.6) is 0 Å². The predicted octanol–water partition coefficient (Wildman–Crippen LogP) is 1.15. The van der Waals surface area contributed by atoms with Gasteiger partial charge in [-0.15, -0.1) is 0 Å². The van der Waals surface area contributed by atoms with Crippen LogP contribution in [0, 0.1) is 21.4 Å². The summed E-state index contributed by atoms with van der Waals surface area (Å²) in [6.07, 6.45) is 0. The molecule has 0 atom stereocenters. The molecule has 1 heterocycles.